The molecule has 1 heterocycles. The van der Waals surface area contributed by atoms with E-state index in [1.807, 2.05) is 19.9 Å². The molecule has 8 heteroatoms. The fourth-order valence-corrected chi connectivity index (χ4v) is 2.76. The number of amides is 1. The van der Waals surface area contributed by atoms with Crippen molar-refractivity contribution in [2.24, 2.45) is 5.92 Å². The molecule has 0 aliphatic rings. The number of sulfonamides is 1. The molecule has 0 radical (unpaired) electrons. The number of hydrogen-bond acceptors (Lipinski definition) is 5. The smallest absolute Gasteiger partial charge is 0.238 e. The van der Waals surface area contributed by atoms with Crippen LogP contribution >= 0.6 is 0 Å². The first-order chi connectivity index (χ1) is 10.8. The molecule has 0 aliphatic heterocycles. The monoisotopic (exact) mass is 346 g/mol. The number of carbonyl (C=O) groups excluding carboxylic acids is 1. The number of nitrogens with one attached hydrogen (secondary N) is 2. The second kappa shape index (κ2) is 9.69. The van der Waals surface area contributed by atoms with Crippen molar-refractivity contribution in [2.45, 2.75) is 39.3 Å². The normalized spacial score (nSPS) is 14.4. The van der Waals surface area contributed by atoms with Gasteiger partial charge in [-0.1, -0.05) is 20.3 Å². The van der Waals surface area contributed by atoms with Gasteiger partial charge in [-0.25, -0.2) is 13.1 Å². The van der Waals surface area contributed by atoms with Gasteiger partial charge in [-0.3, -0.25) is 4.79 Å². The Kier molecular flexibility index (Phi) is 8.29. The molecule has 7 nitrogen and oxygen atoms in total. The van der Waals surface area contributed by atoms with E-state index < -0.39 is 16.1 Å². The lowest BCUT2D eigenvalue weighted by Crippen LogP contribution is -2.50. The first kappa shape index (κ1) is 19.7. The Morgan fingerprint density at radius 1 is 1.43 bits per heavy atom. The molecule has 2 unspecified atom stereocenters. The van der Waals surface area contributed by atoms with E-state index >= 15 is 0 Å². The number of furan rings is 1. The molecule has 0 saturated heterocycles. The van der Waals surface area contributed by atoms with Crippen LogP contribution in [0.4, 0.5) is 0 Å². The second-order valence-corrected chi connectivity index (χ2v) is 7.31. The lowest BCUT2D eigenvalue weighted by atomic mass is 9.99. The van der Waals surface area contributed by atoms with Gasteiger partial charge in [0.1, 0.15) is 18.4 Å². The van der Waals surface area contributed by atoms with Gasteiger partial charge in [0.15, 0.2) is 0 Å². The van der Waals surface area contributed by atoms with E-state index in [4.69, 9.17) is 9.15 Å². The molecule has 0 bridgehead atoms. The lowest BCUT2D eigenvalue weighted by molar-refractivity contribution is -0.123. The molecule has 1 aromatic heterocycles. The molecule has 132 valence electrons. The molecule has 0 spiro atoms. The summed E-state index contributed by atoms with van der Waals surface area (Å²) in [6.07, 6.45) is 3.98. The predicted molar refractivity (Wildman–Crippen MR) is 87.2 cm³/mol. The Bertz CT molecular complexity index is 556. The van der Waals surface area contributed by atoms with Crippen molar-refractivity contribution >= 4 is 15.9 Å². The highest BCUT2D eigenvalue weighted by Gasteiger charge is 2.26. The van der Waals surface area contributed by atoms with Crippen molar-refractivity contribution in [1.29, 1.82) is 0 Å². The van der Waals surface area contributed by atoms with E-state index in [0.29, 0.717) is 32.6 Å². The highest BCUT2D eigenvalue weighted by molar-refractivity contribution is 7.88. The molecule has 1 amide bonds. The summed E-state index contributed by atoms with van der Waals surface area (Å²) in [5.74, 6) is 0.360. The van der Waals surface area contributed by atoms with Gasteiger partial charge in [0.25, 0.3) is 0 Å². The number of hydrogen-bond donors (Lipinski definition) is 2. The minimum absolute atomic E-state index is 0.0834. The maximum absolute atomic E-state index is 12.1. The van der Waals surface area contributed by atoms with Crippen LogP contribution in [-0.4, -0.2) is 39.8 Å². The zero-order valence-electron chi connectivity index (χ0n) is 13.9. The number of rotatable bonds is 11. The first-order valence-electron chi connectivity index (χ1n) is 7.68. The Labute approximate surface area is 137 Å². The van der Waals surface area contributed by atoms with Crippen LogP contribution in [0.5, 0.6) is 0 Å². The molecule has 1 aromatic rings. The van der Waals surface area contributed by atoms with Gasteiger partial charge in [0, 0.05) is 13.2 Å². The van der Waals surface area contributed by atoms with Crippen LogP contribution in [0.15, 0.2) is 22.8 Å². The van der Waals surface area contributed by atoms with Crippen molar-refractivity contribution in [3.8, 4) is 0 Å². The SMILES string of the molecule is CCC(C)C(NS(C)(=O)=O)C(=O)NCCCOCc1ccco1. The lowest BCUT2D eigenvalue weighted by Gasteiger charge is -2.22. The maximum Gasteiger partial charge on any atom is 0.238 e. The fraction of sp³-hybridized carbons (Fsp3) is 0.667. The Balaban J connectivity index is 2.28. The van der Waals surface area contributed by atoms with Crippen LogP contribution in [0.2, 0.25) is 0 Å². The van der Waals surface area contributed by atoms with Gasteiger partial charge in [-0.05, 0) is 24.5 Å². The molecule has 23 heavy (non-hydrogen) atoms. The van der Waals surface area contributed by atoms with Gasteiger partial charge in [0.2, 0.25) is 15.9 Å². The van der Waals surface area contributed by atoms with E-state index in [1.165, 1.54) is 0 Å². The van der Waals surface area contributed by atoms with Crippen molar-refractivity contribution < 1.29 is 22.4 Å². The van der Waals surface area contributed by atoms with Crippen LogP contribution in [0.1, 0.15) is 32.4 Å². The minimum atomic E-state index is -3.43. The summed E-state index contributed by atoms with van der Waals surface area (Å²) >= 11 is 0. The third kappa shape index (κ3) is 8.15. The number of carbonyl (C=O) groups is 1. The molecular weight excluding hydrogens is 320 g/mol. The third-order valence-corrected chi connectivity index (χ3v) is 4.11. The largest absolute Gasteiger partial charge is 0.467 e. The van der Waals surface area contributed by atoms with Gasteiger partial charge in [-0.2, -0.15) is 0 Å². The quantitative estimate of drug-likeness (QED) is 0.588. The molecule has 1 rings (SSSR count). The van der Waals surface area contributed by atoms with E-state index in [-0.39, 0.29) is 11.8 Å². The van der Waals surface area contributed by atoms with E-state index in [1.54, 1.807) is 12.3 Å². The molecule has 0 saturated carbocycles. The maximum atomic E-state index is 12.1. The zero-order valence-corrected chi connectivity index (χ0v) is 14.7. The predicted octanol–water partition coefficient (Wildman–Crippen LogP) is 1.27. The van der Waals surface area contributed by atoms with Gasteiger partial charge in [0.05, 0.1) is 12.5 Å². The summed E-state index contributed by atoms with van der Waals surface area (Å²) in [4.78, 5) is 12.1. The van der Waals surface area contributed by atoms with Crippen molar-refractivity contribution in [1.82, 2.24) is 10.0 Å². The Morgan fingerprint density at radius 2 is 2.17 bits per heavy atom. The average Bonchev–Trinajstić information content (AvgIpc) is 2.99. The molecule has 0 aromatic carbocycles. The zero-order chi connectivity index (χ0) is 17.3. The average molecular weight is 346 g/mol. The van der Waals surface area contributed by atoms with Crippen LogP contribution in [-0.2, 0) is 26.2 Å². The van der Waals surface area contributed by atoms with Crippen molar-refractivity contribution in [3.63, 3.8) is 0 Å². The number of ether oxygens (including phenoxy) is 1. The first-order valence-corrected chi connectivity index (χ1v) is 9.57. The van der Waals surface area contributed by atoms with Gasteiger partial charge >= 0.3 is 0 Å². The topological polar surface area (TPSA) is 97.6 Å². The molecule has 0 fully saturated rings. The summed E-state index contributed by atoms with van der Waals surface area (Å²) < 4.78 is 35.7. The van der Waals surface area contributed by atoms with Crippen LogP contribution in [0, 0.1) is 5.92 Å². The van der Waals surface area contributed by atoms with Crippen LogP contribution < -0.4 is 10.0 Å². The second-order valence-electron chi connectivity index (χ2n) is 5.53. The summed E-state index contributed by atoms with van der Waals surface area (Å²) in [7, 11) is -3.43. The molecule has 2 N–H and O–H groups in total. The summed E-state index contributed by atoms with van der Waals surface area (Å²) in [5, 5.41) is 2.74. The van der Waals surface area contributed by atoms with E-state index in [2.05, 4.69) is 10.0 Å². The molecule has 2 atom stereocenters. The van der Waals surface area contributed by atoms with Crippen molar-refractivity contribution in [2.75, 3.05) is 19.4 Å². The summed E-state index contributed by atoms with van der Waals surface area (Å²) in [6.45, 7) is 5.06. The van der Waals surface area contributed by atoms with E-state index in [9.17, 15) is 13.2 Å². The highest BCUT2D eigenvalue weighted by Crippen LogP contribution is 2.09. The molecular formula is C15H26N2O5S. The Hall–Kier alpha value is -1.38. The summed E-state index contributed by atoms with van der Waals surface area (Å²) in [5.41, 5.74) is 0. The van der Waals surface area contributed by atoms with Gasteiger partial charge < -0.3 is 14.5 Å². The third-order valence-electron chi connectivity index (χ3n) is 3.43. The van der Waals surface area contributed by atoms with Crippen molar-refractivity contribution in [3.05, 3.63) is 24.2 Å². The molecule has 0 aliphatic carbocycles. The fourth-order valence-electron chi connectivity index (χ4n) is 1.96. The Morgan fingerprint density at radius 3 is 2.74 bits per heavy atom. The van der Waals surface area contributed by atoms with Crippen LogP contribution in [0.3, 0.4) is 0 Å². The minimum Gasteiger partial charge on any atom is -0.467 e. The van der Waals surface area contributed by atoms with Gasteiger partial charge in [-0.15, -0.1) is 0 Å². The highest BCUT2D eigenvalue weighted by atomic mass is 32.2. The van der Waals surface area contributed by atoms with Crippen LogP contribution in [0.25, 0.3) is 0 Å². The summed E-state index contributed by atoms with van der Waals surface area (Å²) in [6, 6.07) is 2.87. The standard InChI is InChI=1S/C15H26N2O5S/c1-4-12(2)14(17-23(3,19)20)15(18)16-8-6-9-21-11-13-7-5-10-22-13/h5,7,10,12,14,17H,4,6,8-9,11H2,1-3H3,(H,16,18). The van der Waals surface area contributed by atoms with E-state index in [0.717, 1.165) is 12.0 Å².